The Kier molecular flexibility index (Phi) is 4.96. The van der Waals surface area contributed by atoms with E-state index in [-0.39, 0.29) is 5.56 Å². The summed E-state index contributed by atoms with van der Waals surface area (Å²) >= 11 is 0. The average molecular weight is 476 g/mol. The molecule has 0 saturated carbocycles. The topological polar surface area (TPSA) is 76.8 Å². The van der Waals surface area contributed by atoms with Crippen LogP contribution >= 0.6 is 0 Å². The summed E-state index contributed by atoms with van der Waals surface area (Å²) in [4.78, 5) is 27.6. The summed E-state index contributed by atoms with van der Waals surface area (Å²) < 4.78 is 0. The summed E-state index contributed by atoms with van der Waals surface area (Å²) in [6.45, 7) is 5.48. The maximum Gasteiger partial charge on any atom is 0.261 e. The summed E-state index contributed by atoms with van der Waals surface area (Å²) in [5.41, 5.74) is 7.43. The number of nitrogens with zero attached hydrogens (tertiary/aromatic N) is 2. The lowest BCUT2D eigenvalue weighted by atomic mass is 9.83. The number of H-pyrrole nitrogens is 2. The van der Waals surface area contributed by atoms with Crippen LogP contribution in [-0.2, 0) is 0 Å². The van der Waals surface area contributed by atoms with E-state index in [0.29, 0.717) is 23.3 Å². The fraction of sp³-hybridized carbons (Fsp3) is 0.267. The zero-order chi connectivity index (χ0) is 24.2. The molecule has 5 heterocycles. The van der Waals surface area contributed by atoms with Gasteiger partial charge in [-0.3, -0.25) is 4.79 Å². The minimum atomic E-state index is -0.132. The first-order chi connectivity index (χ1) is 17.6. The van der Waals surface area contributed by atoms with Gasteiger partial charge in [0.2, 0.25) is 0 Å². The number of fused-ring (bicyclic) bond motifs is 5. The summed E-state index contributed by atoms with van der Waals surface area (Å²) in [5.74, 6) is 1.23. The van der Waals surface area contributed by atoms with Gasteiger partial charge in [0, 0.05) is 18.0 Å². The van der Waals surface area contributed by atoms with E-state index in [1.165, 1.54) is 37.1 Å². The van der Waals surface area contributed by atoms with Crippen LogP contribution in [0.4, 0.5) is 5.69 Å². The Labute approximate surface area is 209 Å². The van der Waals surface area contributed by atoms with Crippen LogP contribution in [0.2, 0.25) is 0 Å². The summed E-state index contributed by atoms with van der Waals surface area (Å²) in [7, 11) is 0. The van der Waals surface area contributed by atoms with Gasteiger partial charge in [-0.15, -0.1) is 0 Å². The van der Waals surface area contributed by atoms with Crippen molar-refractivity contribution in [3.05, 3.63) is 82.6 Å². The maximum atomic E-state index is 13.7. The van der Waals surface area contributed by atoms with Gasteiger partial charge in [0.1, 0.15) is 11.4 Å². The number of aryl methyl sites for hydroxylation is 1. The molecule has 180 valence electrons. The van der Waals surface area contributed by atoms with Gasteiger partial charge in [-0.05, 0) is 73.7 Å². The Hall–Kier alpha value is -3.90. The van der Waals surface area contributed by atoms with E-state index in [4.69, 9.17) is 4.98 Å². The number of aromatic amines is 2. The third-order valence-corrected chi connectivity index (χ3v) is 8.08. The van der Waals surface area contributed by atoms with Crippen molar-refractivity contribution in [3.8, 4) is 22.5 Å². The first kappa shape index (κ1) is 21.4. The average Bonchev–Trinajstić information content (AvgIpc) is 3.33. The Bertz CT molecular complexity index is 1620. The number of piperidine rings is 3. The molecule has 5 aromatic rings. The Morgan fingerprint density at radius 2 is 1.75 bits per heavy atom. The molecule has 2 bridgehead atoms. The second kappa shape index (κ2) is 8.35. The van der Waals surface area contributed by atoms with E-state index in [2.05, 4.69) is 69.6 Å². The number of hydrogen-bond donors (Lipinski definition) is 3. The van der Waals surface area contributed by atoms with Crippen LogP contribution < -0.4 is 10.9 Å². The van der Waals surface area contributed by atoms with Crippen molar-refractivity contribution in [3.63, 3.8) is 0 Å². The van der Waals surface area contributed by atoms with Crippen molar-refractivity contribution in [1.29, 1.82) is 0 Å². The molecule has 3 saturated heterocycles. The van der Waals surface area contributed by atoms with Crippen LogP contribution in [0.25, 0.3) is 44.5 Å². The lowest BCUT2D eigenvalue weighted by Gasteiger charge is -2.45. The van der Waals surface area contributed by atoms with Crippen molar-refractivity contribution >= 4 is 27.6 Å². The Balaban J connectivity index is 1.42. The van der Waals surface area contributed by atoms with Crippen molar-refractivity contribution in [2.24, 2.45) is 5.92 Å². The largest absolute Gasteiger partial charge is 0.379 e. The van der Waals surface area contributed by atoms with E-state index in [0.717, 1.165) is 39.7 Å². The molecular formula is C30H29N5O. The molecule has 6 heteroatoms. The molecule has 0 amide bonds. The molecule has 0 aliphatic carbocycles. The molecule has 3 aromatic carbocycles. The number of pyridine rings is 1. The number of imidazole rings is 1. The SMILES string of the molecule is Cc1ccccc1-c1ccc2c(N[C@H]3CN4CCC3CC4)c(-c3nc4ccccc4[nH]3)c(=O)[nH]c2c1. The molecule has 8 rings (SSSR count). The minimum Gasteiger partial charge on any atom is -0.379 e. The smallest absolute Gasteiger partial charge is 0.261 e. The molecule has 36 heavy (non-hydrogen) atoms. The minimum absolute atomic E-state index is 0.132. The predicted molar refractivity (Wildman–Crippen MR) is 146 cm³/mol. The number of rotatable bonds is 4. The lowest BCUT2D eigenvalue weighted by molar-refractivity contribution is 0.0976. The maximum absolute atomic E-state index is 13.7. The first-order valence-corrected chi connectivity index (χ1v) is 12.8. The third kappa shape index (κ3) is 3.52. The molecule has 0 spiro atoms. The van der Waals surface area contributed by atoms with Crippen LogP contribution in [0.5, 0.6) is 0 Å². The molecule has 0 radical (unpaired) electrons. The van der Waals surface area contributed by atoms with Gasteiger partial charge in [0.05, 0.1) is 22.2 Å². The molecule has 2 aromatic heterocycles. The normalized spacial score (nSPS) is 21.3. The molecular weight excluding hydrogens is 446 g/mol. The molecule has 3 aliphatic heterocycles. The monoisotopic (exact) mass is 475 g/mol. The first-order valence-electron chi connectivity index (χ1n) is 12.8. The highest BCUT2D eigenvalue weighted by Gasteiger charge is 2.35. The molecule has 1 atom stereocenters. The summed E-state index contributed by atoms with van der Waals surface area (Å²) in [5, 5.41) is 4.87. The molecule has 3 fully saturated rings. The number of nitrogens with one attached hydrogen (secondary N) is 3. The number of para-hydroxylation sites is 2. The molecule has 3 aliphatic rings. The summed E-state index contributed by atoms with van der Waals surface area (Å²) in [6, 6.07) is 23.0. The van der Waals surface area contributed by atoms with Gasteiger partial charge < -0.3 is 20.2 Å². The van der Waals surface area contributed by atoms with Crippen LogP contribution in [0.15, 0.2) is 71.5 Å². The van der Waals surface area contributed by atoms with Crippen LogP contribution in [-0.4, -0.2) is 45.5 Å². The van der Waals surface area contributed by atoms with Crippen LogP contribution in [0.3, 0.4) is 0 Å². The van der Waals surface area contributed by atoms with E-state index < -0.39 is 0 Å². The van der Waals surface area contributed by atoms with Gasteiger partial charge >= 0.3 is 0 Å². The Morgan fingerprint density at radius 1 is 0.944 bits per heavy atom. The lowest BCUT2D eigenvalue weighted by Crippen LogP contribution is -2.53. The second-order valence-electron chi connectivity index (χ2n) is 10.3. The quantitative estimate of drug-likeness (QED) is 0.318. The molecule has 0 unspecified atom stereocenters. The highest BCUT2D eigenvalue weighted by atomic mass is 16.1. The van der Waals surface area contributed by atoms with Gasteiger partial charge in [-0.25, -0.2) is 4.98 Å². The predicted octanol–water partition coefficient (Wildman–Crippen LogP) is 5.55. The van der Waals surface area contributed by atoms with Crippen LogP contribution in [0.1, 0.15) is 18.4 Å². The number of hydrogen-bond acceptors (Lipinski definition) is 4. The standard InChI is InChI=1S/C30H29N5O/c1-18-6-2-3-7-21(18)20-10-11-22-25(16-20)34-30(36)27(29-32-23-8-4-5-9-24(23)33-29)28(22)31-26-17-35-14-12-19(26)13-15-35/h2-11,16,19,26H,12-15,17H2,1H3,(H,32,33)(H2,31,34,36)/t26-/m0/s1. The Morgan fingerprint density at radius 3 is 2.53 bits per heavy atom. The third-order valence-electron chi connectivity index (χ3n) is 8.08. The summed E-state index contributed by atoms with van der Waals surface area (Å²) in [6.07, 6.45) is 2.41. The fourth-order valence-electron chi connectivity index (χ4n) is 6.12. The van der Waals surface area contributed by atoms with E-state index in [9.17, 15) is 4.79 Å². The molecule has 6 nitrogen and oxygen atoms in total. The number of aromatic nitrogens is 3. The van der Waals surface area contributed by atoms with E-state index >= 15 is 0 Å². The van der Waals surface area contributed by atoms with E-state index in [1.807, 2.05) is 24.3 Å². The number of benzene rings is 3. The van der Waals surface area contributed by atoms with Gasteiger partial charge in [-0.2, -0.15) is 0 Å². The van der Waals surface area contributed by atoms with Crippen molar-refractivity contribution in [2.45, 2.75) is 25.8 Å². The van der Waals surface area contributed by atoms with Crippen LogP contribution in [0, 0.1) is 12.8 Å². The van der Waals surface area contributed by atoms with Gasteiger partial charge in [0.25, 0.3) is 5.56 Å². The molecule has 3 N–H and O–H groups in total. The fourth-order valence-corrected chi connectivity index (χ4v) is 6.12. The zero-order valence-electron chi connectivity index (χ0n) is 20.3. The van der Waals surface area contributed by atoms with Gasteiger partial charge in [-0.1, -0.05) is 48.5 Å². The van der Waals surface area contributed by atoms with Crippen molar-refractivity contribution in [1.82, 2.24) is 19.9 Å². The van der Waals surface area contributed by atoms with E-state index in [1.54, 1.807) is 0 Å². The van der Waals surface area contributed by atoms with Crippen molar-refractivity contribution in [2.75, 3.05) is 25.0 Å². The van der Waals surface area contributed by atoms with Crippen molar-refractivity contribution < 1.29 is 0 Å². The highest BCUT2D eigenvalue weighted by Crippen LogP contribution is 2.37. The second-order valence-corrected chi connectivity index (χ2v) is 10.3. The highest BCUT2D eigenvalue weighted by molar-refractivity contribution is 6.00. The van der Waals surface area contributed by atoms with Gasteiger partial charge in [0.15, 0.2) is 0 Å². The number of anilines is 1. The zero-order valence-corrected chi connectivity index (χ0v) is 20.3.